The molecule has 0 atom stereocenters. The molecule has 62 valence electrons. The van der Waals surface area contributed by atoms with Crippen molar-refractivity contribution in [3.63, 3.8) is 0 Å². The molecule has 0 amide bonds. The second-order valence-electron chi connectivity index (χ2n) is 3.83. The first-order valence-corrected chi connectivity index (χ1v) is 4.18. The van der Waals surface area contributed by atoms with Crippen molar-refractivity contribution in [1.29, 1.82) is 0 Å². The summed E-state index contributed by atoms with van der Waals surface area (Å²) in [4.78, 5) is 15.6. The second-order valence-corrected chi connectivity index (χ2v) is 3.83. The van der Waals surface area contributed by atoms with Gasteiger partial charge in [0.15, 0.2) is 0 Å². The lowest BCUT2D eigenvalue weighted by molar-refractivity contribution is -0.156. The third kappa shape index (κ3) is 0.872. The Labute approximate surface area is 65.9 Å². The second kappa shape index (κ2) is 2.21. The Bertz CT molecular complexity index is 183. The molecule has 0 spiro atoms. The summed E-state index contributed by atoms with van der Waals surface area (Å²) >= 11 is 0. The summed E-state index contributed by atoms with van der Waals surface area (Å²) in [6.45, 7) is 0. The van der Waals surface area contributed by atoms with E-state index in [0.29, 0.717) is 0 Å². The third-order valence-corrected chi connectivity index (χ3v) is 3.28. The minimum Gasteiger partial charge on any atom is -0.373 e. The number of fused-ring (bicyclic) bond motifs is 2. The maximum absolute atomic E-state index is 11.2. The molecule has 0 heterocycles. The minimum atomic E-state index is -0.183. The summed E-state index contributed by atoms with van der Waals surface area (Å²) in [5, 5.41) is 0. The molecule has 2 aliphatic carbocycles. The molecule has 2 aliphatic rings. The van der Waals surface area contributed by atoms with Crippen LogP contribution in [0.2, 0.25) is 0 Å². The first-order chi connectivity index (χ1) is 5.27. The Balaban J connectivity index is 2.16. The molecule has 3 nitrogen and oxygen atoms in total. The van der Waals surface area contributed by atoms with E-state index < -0.39 is 0 Å². The van der Waals surface area contributed by atoms with Crippen molar-refractivity contribution in [3.8, 4) is 0 Å². The number of rotatable bonds is 1. The van der Waals surface area contributed by atoms with Crippen molar-refractivity contribution in [2.45, 2.75) is 32.1 Å². The van der Waals surface area contributed by atoms with E-state index in [4.69, 9.17) is 5.90 Å². The smallest absolute Gasteiger partial charge is 0.330 e. The fourth-order valence-corrected chi connectivity index (χ4v) is 2.60. The number of carbonyl (C=O) groups excluding carboxylic acids is 1. The van der Waals surface area contributed by atoms with Crippen molar-refractivity contribution in [1.82, 2.24) is 0 Å². The van der Waals surface area contributed by atoms with E-state index in [9.17, 15) is 4.79 Å². The van der Waals surface area contributed by atoms with Gasteiger partial charge in [0.2, 0.25) is 0 Å². The maximum atomic E-state index is 11.2. The van der Waals surface area contributed by atoms with Crippen LogP contribution in [-0.2, 0) is 9.63 Å². The molecule has 2 rings (SSSR count). The molecule has 0 aliphatic heterocycles. The van der Waals surface area contributed by atoms with Gasteiger partial charge in [0, 0.05) is 0 Å². The molecule has 2 fully saturated rings. The van der Waals surface area contributed by atoms with Gasteiger partial charge >= 0.3 is 5.97 Å². The van der Waals surface area contributed by atoms with Crippen molar-refractivity contribution in [2.75, 3.05) is 0 Å². The fourth-order valence-electron chi connectivity index (χ4n) is 2.60. The van der Waals surface area contributed by atoms with Crippen LogP contribution < -0.4 is 5.90 Å². The van der Waals surface area contributed by atoms with Crippen LogP contribution in [0.3, 0.4) is 0 Å². The lowest BCUT2D eigenvalue weighted by Gasteiger charge is -2.21. The number of carbonyl (C=O) groups is 1. The fraction of sp³-hybridized carbons (Fsp3) is 0.875. The quantitative estimate of drug-likeness (QED) is 0.574. The summed E-state index contributed by atoms with van der Waals surface area (Å²) < 4.78 is 0. The van der Waals surface area contributed by atoms with E-state index in [2.05, 4.69) is 4.84 Å². The normalized spacial score (nSPS) is 41.0. The Morgan fingerprint density at radius 3 is 2.45 bits per heavy atom. The average Bonchev–Trinajstić information content (AvgIpc) is 2.62. The van der Waals surface area contributed by atoms with E-state index in [-0.39, 0.29) is 11.4 Å². The molecule has 0 unspecified atom stereocenters. The zero-order valence-electron chi connectivity index (χ0n) is 6.51. The van der Waals surface area contributed by atoms with Gasteiger partial charge in [-0.3, -0.25) is 0 Å². The average molecular weight is 155 g/mol. The first kappa shape index (κ1) is 7.10. The first-order valence-electron chi connectivity index (χ1n) is 4.18. The van der Waals surface area contributed by atoms with Crippen LogP contribution in [0.25, 0.3) is 0 Å². The highest BCUT2D eigenvalue weighted by Crippen LogP contribution is 2.54. The highest BCUT2D eigenvalue weighted by atomic mass is 16.7. The largest absolute Gasteiger partial charge is 0.373 e. The maximum Gasteiger partial charge on any atom is 0.330 e. The van der Waals surface area contributed by atoms with E-state index in [0.717, 1.165) is 25.2 Å². The zero-order valence-corrected chi connectivity index (χ0v) is 6.51. The molecule has 3 heteroatoms. The summed E-state index contributed by atoms with van der Waals surface area (Å²) in [6.07, 6.45) is 5.38. The van der Waals surface area contributed by atoms with Crippen LogP contribution in [0.15, 0.2) is 0 Å². The summed E-state index contributed by atoms with van der Waals surface area (Å²) in [6, 6.07) is 0. The predicted molar refractivity (Wildman–Crippen MR) is 39.3 cm³/mol. The summed E-state index contributed by atoms with van der Waals surface area (Å²) in [5.41, 5.74) is -0.167. The van der Waals surface area contributed by atoms with Crippen LogP contribution in [0.5, 0.6) is 0 Å². The van der Waals surface area contributed by atoms with Crippen LogP contribution in [0, 0.1) is 11.3 Å². The highest BCUT2D eigenvalue weighted by Gasteiger charge is 2.51. The standard InChI is InChI=1S/C8H13NO2/c9-11-7(10)8-3-1-6(5-8)2-4-8/h6H,1-5,9H2. The highest BCUT2D eigenvalue weighted by molar-refractivity contribution is 5.77. The summed E-state index contributed by atoms with van der Waals surface area (Å²) in [5.74, 6) is 5.47. The third-order valence-electron chi connectivity index (χ3n) is 3.28. The van der Waals surface area contributed by atoms with E-state index in [1.54, 1.807) is 0 Å². The van der Waals surface area contributed by atoms with E-state index in [1.165, 1.54) is 12.8 Å². The topological polar surface area (TPSA) is 52.3 Å². The summed E-state index contributed by atoms with van der Waals surface area (Å²) in [7, 11) is 0. The molecular weight excluding hydrogens is 142 g/mol. The van der Waals surface area contributed by atoms with Gasteiger partial charge in [0.25, 0.3) is 0 Å². The van der Waals surface area contributed by atoms with E-state index >= 15 is 0 Å². The van der Waals surface area contributed by atoms with Crippen LogP contribution in [0.4, 0.5) is 0 Å². The van der Waals surface area contributed by atoms with Crippen molar-refractivity contribution >= 4 is 5.97 Å². The Morgan fingerprint density at radius 2 is 2.09 bits per heavy atom. The van der Waals surface area contributed by atoms with Crippen LogP contribution >= 0.6 is 0 Å². The van der Waals surface area contributed by atoms with Gasteiger partial charge in [0.1, 0.15) is 0 Å². The molecule has 2 bridgehead atoms. The molecule has 0 aromatic heterocycles. The monoisotopic (exact) mass is 155 g/mol. The minimum absolute atomic E-state index is 0.167. The van der Waals surface area contributed by atoms with E-state index in [1.807, 2.05) is 0 Å². The van der Waals surface area contributed by atoms with Crippen LogP contribution in [-0.4, -0.2) is 5.97 Å². The zero-order chi connectivity index (χ0) is 7.90. The number of hydrogen-bond donors (Lipinski definition) is 1. The van der Waals surface area contributed by atoms with Gasteiger partial charge < -0.3 is 4.84 Å². The lowest BCUT2D eigenvalue weighted by atomic mass is 9.84. The SMILES string of the molecule is NOC(=O)C12CCC(CC1)C2. The van der Waals surface area contributed by atoms with Gasteiger partial charge in [-0.15, -0.1) is 0 Å². The molecule has 2 N–H and O–H groups in total. The van der Waals surface area contributed by atoms with Crippen molar-refractivity contribution in [2.24, 2.45) is 17.2 Å². The Morgan fingerprint density at radius 1 is 1.45 bits per heavy atom. The number of hydrogen-bond acceptors (Lipinski definition) is 3. The molecule has 0 saturated heterocycles. The van der Waals surface area contributed by atoms with Crippen molar-refractivity contribution in [3.05, 3.63) is 0 Å². The van der Waals surface area contributed by atoms with Gasteiger partial charge in [-0.05, 0) is 38.0 Å². The number of nitrogens with two attached hydrogens (primary N) is 1. The van der Waals surface area contributed by atoms with Gasteiger partial charge in [0.05, 0.1) is 5.41 Å². The molecule has 0 radical (unpaired) electrons. The molecule has 11 heavy (non-hydrogen) atoms. The van der Waals surface area contributed by atoms with Crippen molar-refractivity contribution < 1.29 is 9.63 Å². The molecule has 0 aromatic carbocycles. The molecule has 2 saturated carbocycles. The van der Waals surface area contributed by atoms with Gasteiger partial charge in [-0.2, -0.15) is 5.90 Å². The van der Waals surface area contributed by atoms with Gasteiger partial charge in [-0.25, -0.2) is 4.79 Å². The van der Waals surface area contributed by atoms with Gasteiger partial charge in [-0.1, -0.05) is 0 Å². The lowest BCUT2D eigenvalue weighted by Crippen LogP contribution is -2.30. The Hall–Kier alpha value is -0.570. The Kier molecular flexibility index (Phi) is 1.42. The van der Waals surface area contributed by atoms with Crippen LogP contribution in [0.1, 0.15) is 32.1 Å². The molecule has 0 aromatic rings. The molecular formula is C8H13NO2. The predicted octanol–water partition coefficient (Wildman–Crippen LogP) is 0.984.